The molecule has 54 valence electrons. The van der Waals surface area contributed by atoms with Crippen LogP contribution in [0.3, 0.4) is 0 Å². The van der Waals surface area contributed by atoms with Gasteiger partial charge in [-0.05, 0) is 0 Å². The summed E-state index contributed by atoms with van der Waals surface area (Å²) in [5, 5.41) is 21.3. The van der Waals surface area contributed by atoms with Crippen LogP contribution < -0.4 is 40.4 Å². The van der Waals surface area contributed by atoms with Crippen LogP contribution in [0.4, 0.5) is 11.4 Å². The number of nitrogens with zero attached hydrogens (tertiary/aromatic N) is 1. The number of thiophene rings is 1. The van der Waals surface area contributed by atoms with Crippen molar-refractivity contribution in [2.45, 2.75) is 0 Å². The van der Waals surface area contributed by atoms with Crippen molar-refractivity contribution in [3.63, 3.8) is 0 Å². The van der Waals surface area contributed by atoms with E-state index in [0.29, 0.717) is 0 Å². The zero-order valence-electron chi connectivity index (χ0n) is 5.73. The summed E-state index contributed by atoms with van der Waals surface area (Å²) in [6, 6.07) is 0. The van der Waals surface area contributed by atoms with E-state index in [-0.39, 0.29) is 35.2 Å². The fraction of sp³-hybridized carbons (Fsp3) is 0. The van der Waals surface area contributed by atoms with Gasteiger partial charge in [-0.3, -0.25) is 10.1 Å². The second-order valence-corrected chi connectivity index (χ2v) is 2.43. The average molecular weight is 182 g/mol. The molecule has 0 aliphatic heterocycles. The van der Waals surface area contributed by atoms with E-state index in [1.54, 1.807) is 0 Å². The molecule has 2 N–H and O–H groups in total. The average Bonchev–Trinajstić information content (AvgIpc) is 2.11. The van der Waals surface area contributed by atoms with Crippen molar-refractivity contribution in [1.82, 2.24) is 0 Å². The summed E-state index contributed by atoms with van der Waals surface area (Å²) in [7, 11) is 0. The summed E-state index contributed by atoms with van der Waals surface area (Å²) in [5.41, 5.74) is 4.55. The van der Waals surface area contributed by atoms with E-state index < -0.39 is 15.7 Å². The first-order valence-corrected chi connectivity index (χ1v) is 3.19. The van der Waals surface area contributed by atoms with E-state index in [1.807, 2.05) is 0 Å². The molecular weight excluding hydrogens is 179 g/mol. The van der Waals surface area contributed by atoms with Gasteiger partial charge in [0.15, 0.2) is 0 Å². The Kier molecular flexibility index (Phi) is 3.81. The van der Waals surface area contributed by atoms with E-state index in [9.17, 15) is 15.2 Å². The van der Waals surface area contributed by atoms with Gasteiger partial charge < -0.3 is 10.8 Å². The van der Waals surface area contributed by atoms with Gasteiger partial charge in [0.05, 0.1) is 4.92 Å². The van der Waals surface area contributed by atoms with Crippen molar-refractivity contribution in [3.8, 4) is 5.06 Å². The molecular formula is C4H3N2NaO3S. The molecule has 0 aliphatic carbocycles. The Bertz CT molecular complexity index is 255. The zero-order chi connectivity index (χ0) is 7.72. The predicted molar refractivity (Wildman–Crippen MR) is 34.8 cm³/mol. The first kappa shape index (κ1) is 10.7. The van der Waals surface area contributed by atoms with Gasteiger partial charge in [-0.15, -0.1) is 0 Å². The van der Waals surface area contributed by atoms with E-state index >= 15 is 0 Å². The zero-order valence-corrected chi connectivity index (χ0v) is 8.55. The summed E-state index contributed by atoms with van der Waals surface area (Å²) in [4.78, 5) is 9.27. The molecule has 0 unspecified atom stereocenters. The molecule has 0 saturated carbocycles. The Labute approximate surface area is 88.3 Å². The predicted octanol–water partition coefficient (Wildman–Crippen LogP) is -2.68. The number of rotatable bonds is 1. The van der Waals surface area contributed by atoms with Crippen LogP contribution in [-0.4, -0.2) is 4.92 Å². The van der Waals surface area contributed by atoms with E-state index in [4.69, 9.17) is 5.73 Å². The summed E-state index contributed by atoms with van der Waals surface area (Å²) >= 11 is 0.737. The minimum absolute atomic E-state index is 0. The third-order valence-electron chi connectivity index (χ3n) is 0.942. The molecule has 0 radical (unpaired) electrons. The van der Waals surface area contributed by atoms with Crippen LogP contribution in [0.15, 0.2) is 5.38 Å². The second-order valence-electron chi connectivity index (χ2n) is 1.58. The molecule has 5 nitrogen and oxygen atoms in total. The molecule has 0 aromatic carbocycles. The maximum Gasteiger partial charge on any atom is 1.00 e. The van der Waals surface area contributed by atoms with Crippen molar-refractivity contribution >= 4 is 22.7 Å². The van der Waals surface area contributed by atoms with Crippen LogP contribution in [-0.2, 0) is 0 Å². The molecule has 0 aliphatic rings. The van der Waals surface area contributed by atoms with Crippen molar-refractivity contribution in [1.29, 1.82) is 0 Å². The summed E-state index contributed by atoms with van der Waals surface area (Å²) < 4.78 is 0. The molecule has 0 amide bonds. The van der Waals surface area contributed by atoms with E-state index in [1.165, 1.54) is 5.38 Å². The summed E-state index contributed by atoms with van der Waals surface area (Å²) in [5.74, 6) is 0. The van der Waals surface area contributed by atoms with Crippen molar-refractivity contribution in [2.75, 3.05) is 5.73 Å². The Morgan fingerprint density at radius 1 is 1.64 bits per heavy atom. The Hall–Kier alpha value is -0.300. The van der Waals surface area contributed by atoms with Crippen LogP contribution >= 0.6 is 11.3 Å². The molecule has 1 heterocycles. The molecule has 0 saturated heterocycles. The molecule has 11 heavy (non-hydrogen) atoms. The first-order chi connectivity index (χ1) is 4.63. The standard InChI is InChI=1S/C4H4N2O3S.Na/c5-2-1-10-4(7)3(2)6(8)9;/h1,7H,5H2;/q;+1/p-1. The minimum atomic E-state index is -0.770. The summed E-state index contributed by atoms with van der Waals surface area (Å²) in [6.45, 7) is 0. The molecule has 0 bridgehead atoms. The largest absolute Gasteiger partial charge is 1.00 e. The van der Waals surface area contributed by atoms with Gasteiger partial charge in [-0.1, -0.05) is 0 Å². The summed E-state index contributed by atoms with van der Waals surface area (Å²) in [6.07, 6.45) is 0. The number of hydrogen-bond acceptors (Lipinski definition) is 5. The number of nitro groups is 1. The smallest absolute Gasteiger partial charge is 0.860 e. The van der Waals surface area contributed by atoms with Gasteiger partial charge in [0.2, 0.25) is 0 Å². The molecule has 7 heteroatoms. The Balaban J connectivity index is 0.000001000. The quantitative estimate of drug-likeness (QED) is 0.291. The third-order valence-corrected chi connectivity index (χ3v) is 1.72. The van der Waals surface area contributed by atoms with E-state index in [0.717, 1.165) is 11.3 Å². The molecule has 0 atom stereocenters. The van der Waals surface area contributed by atoms with Gasteiger partial charge in [0, 0.05) is 10.4 Å². The SMILES string of the molecule is Nc1csc([O-])c1[N+](=O)[O-].[Na+]. The first-order valence-electron chi connectivity index (χ1n) is 2.31. The molecule has 0 spiro atoms. The Morgan fingerprint density at radius 2 is 2.18 bits per heavy atom. The van der Waals surface area contributed by atoms with Crippen LogP contribution in [0.2, 0.25) is 0 Å². The third kappa shape index (κ3) is 2.06. The van der Waals surface area contributed by atoms with Crippen LogP contribution in [0.25, 0.3) is 0 Å². The molecule has 1 aromatic heterocycles. The number of nitrogens with two attached hydrogens (primary N) is 1. The van der Waals surface area contributed by atoms with Crippen LogP contribution in [0, 0.1) is 10.1 Å². The topological polar surface area (TPSA) is 92.2 Å². The van der Waals surface area contributed by atoms with Crippen molar-refractivity contribution < 1.29 is 39.6 Å². The van der Waals surface area contributed by atoms with Gasteiger partial charge in [-0.25, -0.2) is 0 Å². The van der Waals surface area contributed by atoms with Gasteiger partial charge in [0.25, 0.3) is 5.69 Å². The minimum Gasteiger partial charge on any atom is -0.860 e. The molecule has 0 fully saturated rings. The van der Waals surface area contributed by atoms with Crippen molar-refractivity contribution in [3.05, 3.63) is 15.5 Å². The van der Waals surface area contributed by atoms with E-state index in [2.05, 4.69) is 0 Å². The number of nitrogen functional groups attached to an aromatic ring is 1. The van der Waals surface area contributed by atoms with Gasteiger partial charge in [0.1, 0.15) is 5.69 Å². The molecule has 1 aromatic rings. The molecule has 1 rings (SSSR count). The second kappa shape index (κ2) is 3.91. The number of anilines is 1. The monoisotopic (exact) mass is 182 g/mol. The van der Waals surface area contributed by atoms with Crippen molar-refractivity contribution in [2.24, 2.45) is 0 Å². The fourth-order valence-electron chi connectivity index (χ4n) is 0.526. The number of hydrogen-bond donors (Lipinski definition) is 1. The maximum absolute atomic E-state index is 10.6. The van der Waals surface area contributed by atoms with Crippen LogP contribution in [0.1, 0.15) is 0 Å². The van der Waals surface area contributed by atoms with Gasteiger partial charge in [-0.2, -0.15) is 11.3 Å². The van der Waals surface area contributed by atoms with Gasteiger partial charge >= 0.3 is 29.6 Å². The van der Waals surface area contributed by atoms with Crippen LogP contribution in [0.5, 0.6) is 5.06 Å². The fourth-order valence-corrected chi connectivity index (χ4v) is 1.18. The normalized spacial score (nSPS) is 8.73. The Morgan fingerprint density at radius 3 is 2.36 bits per heavy atom. The maximum atomic E-state index is 10.6.